The van der Waals surface area contributed by atoms with Crippen molar-refractivity contribution in [2.24, 2.45) is 15.4 Å². The topological polar surface area (TPSA) is 113 Å². The average molecular weight is 556 g/mol. The van der Waals surface area contributed by atoms with E-state index in [9.17, 15) is 9.90 Å². The second-order valence-corrected chi connectivity index (χ2v) is 10.8. The highest BCUT2D eigenvalue weighted by molar-refractivity contribution is 8.15. The van der Waals surface area contributed by atoms with Crippen LogP contribution in [0.3, 0.4) is 0 Å². The predicted molar refractivity (Wildman–Crippen MR) is 153 cm³/mol. The Morgan fingerprint density at radius 3 is 2.46 bits per heavy atom. The first-order chi connectivity index (χ1) is 18.4. The van der Waals surface area contributed by atoms with Gasteiger partial charge in [0.2, 0.25) is 11.7 Å². The number of thioether (sulfide) groups is 1. The molecule has 0 bridgehead atoms. The van der Waals surface area contributed by atoms with Gasteiger partial charge in [-0.25, -0.2) is 14.2 Å². The maximum Gasteiger partial charge on any atom is 0.432 e. The van der Waals surface area contributed by atoms with Gasteiger partial charge in [-0.15, -0.1) is 11.8 Å². The molecule has 0 saturated heterocycles. The largest absolute Gasteiger partial charge is 0.490 e. The van der Waals surface area contributed by atoms with Gasteiger partial charge < -0.3 is 19.3 Å². The molecule has 9 nitrogen and oxygen atoms in total. The number of carboxylic acid groups (broad SMARTS) is 1. The van der Waals surface area contributed by atoms with Crippen molar-refractivity contribution in [2.75, 3.05) is 33.5 Å². The average Bonchev–Trinajstić information content (AvgIpc) is 3.31. The summed E-state index contributed by atoms with van der Waals surface area (Å²) < 4.78 is 27.1. The first-order valence-electron chi connectivity index (χ1n) is 12.4. The van der Waals surface area contributed by atoms with Gasteiger partial charge in [0.1, 0.15) is 10.8 Å². The van der Waals surface area contributed by atoms with E-state index in [1.807, 2.05) is 34.9 Å². The number of carbonyl (C=O) groups is 1. The van der Waals surface area contributed by atoms with Crippen LogP contribution in [0.5, 0.6) is 5.75 Å². The number of nitrogens with zero attached hydrogens (tertiary/aromatic N) is 5. The Bertz CT molecular complexity index is 1370. The molecule has 1 amide bonds. The Hall–Kier alpha value is -3.57. The zero-order chi connectivity index (χ0) is 28.7. The lowest BCUT2D eigenvalue weighted by molar-refractivity contribution is 0.137. The van der Waals surface area contributed by atoms with Gasteiger partial charge in [0, 0.05) is 30.0 Å². The first-order valence-corrected chi connectivity index (χ1v) is 13.6. The summed E-state index contributed by atoms with van der Waals surface area (Å²) in [4.78, 5) is 26.2. The van der Waals surface area contributed by atoms with Gasteiger partial charge >= 0.3 is 6.09 Å². The molecule has 2 aromatic carbocycles. The molecule has 0 atom stereocenters. The molecule has 208 valence electrons. The minimum absolute atomic E-state index is 0.0615. The summed E-state index contributed by atoms with van der Waals surface area (Å²) in [6, 6.07) is 10.3. The first kappa shape index (κ1) is 30.0. The fourth-order valence-electron chi connectivity index (χ4n) is 4.05. The Morgan fingerprint density at radius 2 is 1.92 bits per heavy atom. The highest BCUT2D eigenvalue weighted by Crippen LogP contribution is 2.30. The number of benzene rings is 2. The van der Waals surface area contributed by atoms with Gasteiger partial charge in [-0.2, -0.15) is 9.98 Å². The maximum atomic E-state index is 16.0. The highest BCUT2D eigenvalue weighted by Gasteiger charge is 2.24. The predicted octanol–water partition coefficient (Wildman–Crippen LogP) is 6.27. The van der Waals surface area contributed by atoms with Gasteiger partial charge in [0.05, 0.1) is 12.3 Å². The number of halogens is 1. The van der Waals surface area contributed by atoms with E-state index in [4.69, 9.17) is 9.26 Å². The van der Waals surface area contributed by atoms with Crippen LogP contribution in [-0.2, 0) is 6.42 Å². The molecule has 0 fully saturated rings. The second-order valence-electron chi connectivity index (χ2n) is 10.0. The van der Waals surface area contributed by atoms with Crippen LogP contribution in [-0.4, -0.2) is 70.5 Å². The van der Waals surface area contributed by atoms with Crippen LogP contribution >= 0.6 is 11.8 Å². The molecule has 0 unspecified atom stereocenters. The number of rotatable bonds is 10. The molecule has 0 spiro atoms. The second kappa shape index (κ2) is 13.0. The van der Waals surface area contributed by atoms with Crippen LogP contribution in [0, 0.1) is 18.2 Å². The Morgan fingerprint density at radius 1 is 1.23 bits per heavy atom. The zero-order valence-electron chi connectivity index (χ0n) is 23.3. The summed E-state index contributed by atoms with van der Waals surface area (Å²) in [7, 11) is 3.95. The fourth-order valence-corrected chi connectivity index (χ4v) is 4.57. The molecule has 0 aliphatic heterocycles. The van der Waals surface area contributed by atoms with E-state index in [-0.39, 0.29) is 34.1 Å². The van der Waals surface area contributed by atoms with Crippen molar-refractivity contribution in [2.45, 2.75) is 34.1 Å². The van der Waals surface area contributed by atoms with E-state index in [1.165, 1.54) is 0 Å². The number of ether oxygens (including phenoxy) is 1. The molecule has 1 aromatic heterocycles. The molecule has 0 saturated carbocycles. The van der Waals surface area contributed by atoms with Gasteiger partial charge in [-0.1, -0.05) is 25.9 Å². The van der Waals surface area contributed by atoms with Crippen LogP contribution < -0.4 is 4.74 Å². The van der Waals surface area contributed by atoms with E-state index in [1.54, 1.807) is 49.6 Å². The quantitative estimate of drug-likeness (QED) is 0.230. The van der Waals surface area contributed by atoms with Crippen molar-refractivity contribution in [3.05, 3.63) is 59.2 Å². The number of amides is 1. The number of aromatic nitrogens is 2. The van der Waals surface area contributed by atoms with E-state index >= 15 is 4.39 Å². The van der Waals surface area contributed by atoms with Crippen LogP contribution in [0.2, 0.25) is 0 Å². The maximum absolute atomic E-state index is 16.0. The minimum atomic E-state index is -1.40. The standard InChI is InChI=1S/C28H34FN5O4S/c1-8-18-13-21(23(29)22(14-18)37-16-28(3,4)15-34(5)6)24(26(39-7)32-27(35)36)31-20-11-9-19(10-12-20)25-30-17(2)38-33-25/h9-14H,8,15-16H2,1-7H3,(H,35,36). The van der Waals surface area contributed by atoms with Crippen LogP contribution in [0.1, 0.15) is 37.8 Å². The Labute approximate surface area is 232 Å². The number of aliphatic imine (C=N–C) groups is 2. The third kappa shape index (κ3) is 8.21. The SMILES string of the molecule is CCc1cc(OCC(C)(C)CN(C)C)c(F)c(C(=Nc2ccc(-c3noc(C)n3)cc2)C(=NC(=O)O)SC)c1. The van der Waals surface area contributed by atoms with Gasteiger partial charge in [-0.05, 0) is 68.7 Å². The molecule has 39 heavy (non-hydrogen) atoms. The fraction of sp³-hybridized carbons (Fsp3) is 0.393. The van der Waals surface area contributed by atoms with Gasteiger partial charge in [-0.3, -0.25) is 0 Å². The van der Waals surface area contributed by atoms with E-state index in [2.05, 4.69) is 25.0 Å². The Kier molecular flexibility index (Phi) is 9.98. The highest BCUT2D eigenvalue weighted by atomic mass is 32.2. The van der Waals surface area contributed by atoms with Crippen LogP contribution in [0.15, 0.2) is 50.9 Å². The summed E-state index contributed by atoms with van der Waals surface area (Å²) in [5, 5.41) is 13.4. The molecule has 11 heteroatoms. The summed E-state index contributed by atoms with van der Waals surface area (Å²) in [6.45, 7) is 8.79. The number of aryl methyl sites for hydroxylation is 2. The van der Waals surface area contributed by atoms with Crippen molar-refractivity contribution >= 4 is 34.3 Å². The number of hydrogen-bond acceptors (Lipinski definition) is 8. The summed E-state index contributed by atoms with van der Waals surface area (Å²) in [5.74, 6) is 0.333. The minimum Gasteiger partial charge on any atom is -0.490 e. The molecule has 1 N–H and O–H groups in total. The third-order valence-corrected chi connectivity index (χ3v) is 6.28. The van der Waals surface area contributed by atoms with Crippen LogP contribution in [0.25, 0.3) is 11.4 Å². The molecule has 3 rings (SSSR count). The zero-order valence-corrected chi connectivity index (χ0v) is 24.1. The molecule has 0 radical (unpaired) electrons. The number of hydrogen-bond donors (Lipinski definition) is 1. The molecule has 0 aliphatic carbocycles. The summed E-state index contributed by atoms with van der Waals surface area (Å²) >= 11 is 1.07. The molecular formula is C28H34FN5O4S. The van der Waals surface area contributed by atoms with Crippen LogP contribution in [0.4, 0.5) is 14.9 Å². The molecule has 3 aromatic rings. The van der Waals surface area contributed by atoms with E-state index in [0.29, 0.717) is 29.4 Å². The summed E-state index contributed by atoms with van der Waals surface area (Å²) in [6.07, 6.45) is 0.882. The van der Waals surface area contributed by atoms with E-state index < -0.39 is 11.9 Å². The van der Waals surface area contributed by atoms with Crippen molar-refractivity contribution in [3.8, 4) is 17.1 Å². The monoisotopic (exact) mass is 555 g/mol. The lowest BCUT2D eigenvalue weighted by atomic mass is 9.94. The van der Waals surface area contributed by atoms with Gasteiger partial charge in [0.15, 0.2) is 11.6 Å². The molecule has 1 heterocycles. The smallest absolute Gasteiger partial charge is 0.432 e. The van der Waals surface area contributed by atoms with Crippen molar-refractivity contribution in [1.29, 1.82) is 0 Å². The third-order valence-electron chi connectivity index (χ3n) is 5.61. The van der Waals surface area contributed by atoms with E-state index in [0.717, 1.165) is 23.9 Å². The lowest BCUT2D eigenvalue weighted by Gasteiger charge is -2.28. The van der Waals surface area contributed by atoms with Crippen molar-refractivity contribution in [3.63, 3.8) is 0 Å². The van der Waals surface area contributed by atoms with Crippen molar-refractivity contribution in [1.82, 2.24) is 15.0 Å². The molecule has 0 aliphatic rings. The van der Waals surface area contributed by atoms with Crippen molar-refractivity contribution < 1.29 is 23.6 Å². The Balaban J connectivity index is 2.10. The summed E-state index contributed by atoms with van der Waals surface area (Å²) in [5.41, 5.74) is 1.98. The molecular weight excluding hydrogens is 521 g/mol. The van der Waals surface area contributed by atoms with Gasteiger partial charge in [0.25, 0.3) is 0 Å². The lowest BCUT2D eigenvalue weighted by Crippen LogP contribution is -2.33. The normalized spacial score (nSPS) is 12.7.